The summed E-state index contributed by atoms with van der Waals surface area (Å²) in [4.78, 5) is 11.2. The van der Waals surface area contributed by atoms with E-state index in [1.54, 1.807) is 12.1 Å². The van der Waals surface area contributed by atoms with Crippen molar-refractivity contribution in [3.05, 3.63) is 28.2 Å². The number of hydrogen-bond acceptors (Lipinski definition) is 2. The van der Waals surface area contributed by atoms with Crippen molar-refractivity contribution in [3.63, 3.8) is 0 Å². The van der Waals surface area contributed by atoms with Crippen LogP contribution in [0.3, 0.4) is 0 Å². The number of carbonyl (C=O) groups excluding carboxylic acids is 1. The molecule has 100 valence electrons. The summed E-state index contributed by atoms with van der Waals surface area (Å²) >= 11 is 8.87. The summed E-state index contributed by atoms with van der Waals surface area (Å²) in [6.45, 7) is 10.8. The van der Waals surface area contributed by atoms with Gasteiger partial charge in [0.15, 0.2) is 0 Å². The van der Waals surface area contributed by atoms with Crippen molar-refractivity contribution in [3.8, 4) is 5.75 Å². The summed E-state index contributed by atoms with van der Waals surface area (Å²) < 4.78 is 6.93. The Bertz CT molecular complexity index is 467. The van der Waals surface area contributed by atoms with Gasteiger partial charge in [-0.1, -0.05) is 36.7 Å². The molecule has 2 nitrogen and oxygen atoms in total. The fraction of sp³-hybridized carbons (Fsp3) is 0.462. The highest BCUT2D eigenvalue weighted by Gasteiger charge is 2.39. The molecule has 0 aliphatic rings. The molecule has 0 fully saturated rings. The molecule has 0 N–H and O–H groups in total. The van der Waals surface area contributed by atoms with Crippen LogP contribution in [0.1, 0.15) is 31.1 Å². The van der Waals surface area contributed by atoms with Crippen molar-refractivity contribution in [2.45, 2.75) is 38.9 Å². The van der Waals surface area contributed by atoms with Gasteiger partial charge in [-0.2, -0.15) is 0 Å². The van der Waals surface area contributed by atoms with Gasteiger partial charge in [-0.15, -0.1) is 0 Å². The van der Waals surface area contributed by atoms with E-state index in [2.05, 4.69) is 49.8 Å². The minimum absolute atomic E-state index is 0.112. The molecule has 5 heteroatoms. The number of rotatable bonds is 3. The lowest BCUT2D eigenvalue weighted by Gasteiger charge is -2.36. The Labute approximate surface area is 123 Å². The first-order chi connectivity index (χ1) is 8.03. The zero-order chi connectivity index (χ0) is 14.1. The summed E-state index contributed by atoms with van der Waals surface area (Å²) in [6, 6.07) is 5.25. The minimum Gasteiger partial charge on any atom is -0.543 e. The fourth-order valence-electron chi connectivity index (χ4n) is 1.18. The highest BCUT2D eigenvalue weighted by atomic mass is 79.9. The molecule has 18 heavy (non-hydrogen) atoms. The second-order valence-electron chi connectivity index (χ2n) is 5.81. The highest BCUT2D eigenvalue weighted by molar-refractivity contribution is 9.10. The number of carbonyl (C=O) groups is 1. The molecular formula is C13H18BrClO2Si. The van der Waals surface area contributed by atoms with Crippen molar-refractivity contribution in [2.75, 3.05) is 0 Å². The Morgan fingerprint density at radius 1 is 1.28 bits per heavy atom. The smallest absolute Gasteiger partial charge is 0.252 e. The second kappa shape index (κ2) is 5.35. The quantitative estimate of drug-likeness (QED) is 0.553. The van der Waals surface area contributed by atoms with Gasteiger partial charge in [0.2, 0.25) is 8.32 Å². The molecule has 0 unspecified atom stereocenters. The van der Waals surface area contributed by atoms with Crippen LogP contribution in [0.25, 0.3) is 0 Å². The van der Waals surface area contributed by atoms with Crippen LogP contribution in [0.5, 0.6) is 5.75 Å². The van der Waals surface area contributed by atoms with Gasteiger partial charge in [0, 0.05) is 10.0 Å². The van der Waals surface area contributed by atoms with Gasteiger partial charge in [-0.05, 0) is 47.9 Å². The van der Waals surface area contributed by atoms with E-state index in [1.807, 2.05) is 6.07 Å². The fourth-order valence-corrected chi connectivity index (χ4v) is 2.78. The minimum atomic E-state index is -1.90. The molecule has 0 radical (unpaired) electrons. The lowest BCUT2D eigenvalue weighted by atomic mass is 10.2. The van der Waals surface area contributed by atoms with E-state index in [1.165, 1.54) is 0 Å². The summed E-state index contributed by atoms with van der Waals surface area (Å²) in [6.07, 6.45) is 0. The third-order valence-electron chi connectivity index (χ3n) is 3.28. The van der Waals surface area contributed by atoms with Crippen LogP contribution in [-0.2, 0) is 0 Å². The maximum atomic E-state index is 11.2. The van der Waals surface area contributed by atoms with E-state index >= 15 is 0 Å². The average molecular weight is 350 g/mol. The molecule has 0 heterocycles. The lowest BCUT2D eigenvalue weighted by molar-refractivity contribution is 0.108. The number of benzene rings is 1. The van der Waals surface area contributed by atoms with E-state index in [0.717, 1.165) is 4.47 Å². The van der Waals surface area contributed by atoms with E-state index in [9.17, 15) is 4.79 Å². The van der Waals surface area contributed by atoms with Gasteiger partial charge in [-0.25, -0.2) is 0 Å². The Hall–Kier alpha value is -0.323. The molecular weight excluding hydrogens is 332 g/mol. The first-order valence-corrected chi connectivity index (χ1v) is 9.80. The molecule has 1 aromatic carbocycles. The first kappa shape index (κ1) is 15.7. The lowest BCUT2D eigenvalue weighted by Crippen LogP contribution is -2.43. The van der Waals surface area contributed by atoms with Gasteiger partial charge in [0.1, 0.15) is 5.75 Å². The Balaban J connectivity index is 3.09. The van der Waals surface area contributed by atoms with Crippen LogP contribution < -0.4 is 4.43 Å². The third-order valence-corrected chi connectivity index (χ3v) is 8.31. The maximum Gasteiger partial charge on any atom is 0.252 e. The van der Waals surface area contributed by atoms with Crippen molar-refractivity contribution in [1.29, 1.82) is 0 Å². The summed E-state index contributed by atoms with van der Waals surface area (Å²) in [5.41, 5.74) is 0.444. The summed E-state index contributed by atoms with van der Waals surface area (Å²) in [5, 5.41) is -0.364. The molecule has 0 bridgehead atoms. The van der Waals surface area contributed by atoms with E-state index < -0.39 is 13.6 Å². The monoisotopic (exact) mass is 348 g/mol. The number of hydrogen-bond donors (Lipinski definition) is 0. The van der Waals surface area contributed by atoms with Gasteiger partial charge in [0.05, 0.1) is 0 Å². The zero-order valence-electron chi connectivity index (χ0n) is 11.3. The van der Waals surface area contributed by atoms with Crippen molar-refractivity contribution >= 4 is 41.1 Å². The molecule has 0 saturated carbocycles. The van der Waals surface area contributed by atoms with E-state index in [-0.39, 0.29) is 5.04 Å². The van der Waals surface area contributed by atoms with Crippen LogP contribution in [-0.4, -0.2) is 13.6 Å². The van der Waals surface area contributed by atoms with Crippen LogP contribution in [0.2, 0.25) is 18.1 Å². The Kier molecular flexibility index (Phi) is 4.68. The highest BCUT2D eigenvalue weighted by Crippen LogP contribution is 2.38. The standard InChI is InChI=1S/C13H18BrClO2Si/c1-13(2,3)18(4,5)17-11-7-9(12(15)16)6-10(14)8-11/h6-8H,1-5H3. The molecule has 0 aliphatic carbocycles. The predicted octanol–water partition coefficient (Wildman–Crippen LogP) is 5.21. The molecule has 0 spiro atoms. The van der Waals surface area contributed by atoms with Crippen LogP contribution in [0, 0.1) is 0 Å². The van der Waals surface area contributed by atoms with Crippen LogP contribution >= 0.6 is 27.5 Å². The van der Waals surface area contributed by atoms with Gasteiger partial charge < -0.3 is 4.43 Å². The maximum absolute atomic E-state index is 11.2. The molecule has 0 aliphatic heterocycles. The molecule has 0 aromatic heterocycles. The van der Waals surface area contributed by atoms with Crippen LogP contribution in [0.4, 0.5) is 0 Å². The largest absolute Gasteiger partial charge is 0.543 e. The summed E-state index contributed by atoms with van der Waals surface area (Å²) in [5.74, 6) is 0.694. The molecule has 0 saturated heterocycles. The number of halogens is 2. The van der Waals surface area contributed by atoms with Gasteiger partial charge in [-0.3, -0.25) is 4.79 Å². The normalized spacial score (nSPS) is 12.4. The Morgan fingerprint density at radius 3 is 2.28 bits per heavy atom. The van der Waals surface area contributed by atoms with Gasteiger partial charge >= 0.3 is 0 Å². The van der Waals surface area contributed by atoms with Crippen molar-refractivity contribution in [1.82, 2.24) is 0 Å². The average Bonchev–Trinajstić information content (AvgIpc) is 2.13. The third kappa shape index (κ3) is 3.83. The van der Waals surface area contributed by atoms with E-state index in [0.29, 0.717) is 11.3 Å². The second-order valence-corrected chi connectivity index (χ2v) is 11.8. The van der Waals surface area contributed by atoms with Crippen molar-refractivity contribution in [2.24, 2.45) is 0 Å². The van der Waals surface area contributed by atoms with E-state index in [4.69, 9.17) is 16.0 Å². The molecule has 0 amide bonds. The molecule has 1 aromatic rings. The first-order valence-electron chi connectivity index (χ1n) is 5.72. The zero-order valence-corrected chi connectivity index (χ0v) is 14.6. The topological polar surface area (TPSA) is 26.3 Å². The molecule has 1 rings (SSSR count). The summed E-state index contributed by atoms with van der Waals surface area (Å²) in [7, 11) is -1.90. The van der Waals surface area contributed by atoms with Crippen molar-refractivity contribution < 1.29 is 9.22 Å². The predicted molar refractivity (Wildman–Crippen MR) is 82.2 cm³/mol. The Morgan fingerprint density at radius 2 is 1.83 bits per heavy atom. The molecule has 0 atom stereocenters. The SMILES string of the molecule is CC(C)(C)[Si](C)(C)Oc1cc(Br)cc(C(=O)Cl)c1. The van der Waals surface area contributed by atoms with Crippen LogP contribution in [0.15, 0.2) is 22.7 Å². The van der Waals surface area contributed by atoms with Gasteiger partial charge in [0.25, 0.3) is 5.24 Å².